The summed E-state index contributed by atoms with van der Waals surface area (Å²) in [5.41, 5.74) is 2.33. The second-order valence-electron chi connectivity index (χ2n) is 7.55. The lowest BCUT2D eigenvalue weighted by atomic mass is 10.1. The number of furan rings is 1. The summed E-state index contributed by atoms with van der Waals surface area (Å²) in [6.45, 7) is 4.21. The van der Waals surface area contributed by atoms with Crippen molar-refractivity contribution in [1.82, 2.24) is 25.8 Å². The highest BCUT2D eigenvalue weighted by molar-refractivity contribution is 5.79. The number of aromatic nitrogens is 3. The Morgan fingerprint density at radius 1 is 1.30 bits per heavy atom. The van der Waals surface area contributed by atoms with Gasteiger partial charge in [-0.25, -0.2) is 4.98 Å². The van der Waals surface area contributed by atoms with Crippen LogP contribution in [0.25, 0.3) is 11.6 Å². The minimum atomic E-state index is 0.565. The van der Waals surface area contributed by atoms with E-state index in [-0.39, 0.29) is 0 Å². The predicted octanol–water partition coefficient (Wildman–Crippen LogP) is 3.07. The van der Waals surface area contributed by atoms with Crippen molar-refractivity contribution in [2.45, 2.75) is 32.7 Å². The number of aryl methyl sites for hydroxylation is 1. The molecule has 3 N–H and O–H groups in total. The van der Waals surface area contributed by atoms with Crippen LogP contribution in [0.4, 0.5) is 0 Å². The van der Waals surface area contributed by atoms with Gasteiger partial charge in [0.25, 0.3) is 0 Å². The average Bonchev–Trinajstić information content (AvgIpc) is 3.21. The summed E-state index contributed by atoms with van der Waals surface area (Å²) < 4.78 is 11.4. The van der Waals surface area contributed by atoms with Gasteiger partial charge in [-0.1, -0.05) is 12.1 Å². The van der Waals surface area contributed by atoms with Crippen LogP contribution in [0.1, 0.15) is 29.8 Å². The van der Waals surface area contributed by atoms with Crippen molar-refractivity contribution in [2.24, 2.45) is 10.9 Å². The molecule has 0 atom stereocenters. The van der Waals surface area contributed by atoms with Gasteiger partial charge < -0.3 is 19.8 Å². The van der Waals surface area contributed by atoms with Crippen LogP contribution >= 0.6 is 0 Å². The van der Waals surface area contributed by atoms with Crippen LogP contribution in [0.15, 0.2) is 46.0 Å². The van der Waals surface area contributed by atoms with Gasteiger partial charge in [0.05, 0.1) is 12.9 Å². The molecule has 1 aliphatic rings. The first-order chi connectivity index (χ1) is 14.7. The molecular formula is C22H28N6O2. The molecule has 1 aliphatic carbocycles. The molecular weight excluding hydrogens is 380 g/mol. The normalized spacial score (nSPS) is 14.0. The predicted molar refractivity (Wildman–Crippen MR) is 115 cm³/mol. The number of hydrogen-bond donors (Lipinski definition) is 3. The number of hydrogen-bond acceptors (Lipinski definition) is 5. The molecule has 1 fully saturated rings. The second-order valence-corrected chi connectivity index (χ2v) is 7.55. The summed E-state index contributed by atoms with van der Waals surface area (Å²) in [7, 11) is 1.76. The third-order valence-corrected chi connectivity index (χ3v) is 4.99. The van der Waals surface area contributed by atoms with E-state index >= 15 is 0 Å². The number of ether oxygens (including phenoxy) is 1. The molecule has 0 bridgehead atoms. The minimum Gasteiger partial charge on any atom is -0.493 e. The number of aromatic amines is 1. The Balaban J connectivity index is 1.26. The molecule has 0 radical (unpaired) electrons. The maximum Gasteiger partial charge on any atom is 0.216 e. The van der Waals surface area contributed by atoms with Gasteiger partial charge in [0.15, 0.2) is 11.7 Å². The van der Waals surface area contributed by atoms with E-state index in [1.807, 2.05) is 12.1 Å². The first-order valence-electron chi connectivity index (χ1n) is 10.3. The Hall–Kier alpha value is -3.29. The van der Waals surface area contributed by atoms with Crippen molar-refractivity contribution in [2.75, 3.05) is 20.2 Å². The summed E-state index contributed by atoms with van der Waals surface area (Å²) in [4.78, 5) is 8.76. The molecule has 158 valence electrons. The van der Waals surface area contributed by atoms with Gasteiger partial charge >= 0.3 is 0 Å². The zero-order valence-corrected chi connectivity index (χ0v) is 17.4. The van der Waals surface area contributed by atoms with Crippen LogP contribution in [0.3, 0.4) is 0 Å². The summed E-state index contributed by atoms with van der Waals surface area (Å²) in [6, 6.07) is 9.99. The fraction of sp³-hybridized carbons (Fsp3) is 0.409. The van der Waals surface area contributed by atoms with Crippen molar-refractivity contribution < 1.29 is 9.15 Å². The standard InChI is InChI=1S/C22H28N6O2/c1-15-5-8-17(19(12-15)30-14-16-6-7-16)13-25-22(23-2)24-10-9-20-26-21(28-27-20)18-4-3-11-29-18/h3-5,8,11-12,16H,6-7,9-10,13-14H2,1-2H3,(H2,23,24,25)(H,26,27,28). The average molecular weight is 409 g/mol. The smallest absolute Gasteiger partial charge is 0.216 e. The van der Waals surface area contributed by atoms with Gasteiger partial charge in [0.2, 0.25) is 5.82 Å². The molecule has 2 aromatic heterocycles. The number of nitrogens with zero attached hydrogens (tertiary/aromatic N) is 3. The molecule has 8 nitrogen and oxygen atoms in total. The first kappa shape index (κ1) is 20.0. The van der Waals surface area contributed by atoms with E-state index in [1.54, 1.807) is 13.3 Å². The number of nitrogens with one attached hydrogen (secondary N) is 3. The molecule has 1 aromatic carbocycles. The fourth-order valence-electron chi connectivity index (χ4n) is 3.06. The molecule has 0 unspecified atom stereocenters. The third kappa shape index (κ3) is 5.40. The van der Waals surface area contributed by atoms with Crippen LogP contribution in [0, 0.1) is 12.8 Å². The van der Waals surface area contributed by atoms with Crippen LogP contribution in [-0.4, -0.2) is 41.3 Å². The number of aliphatic imine (C=N–C) groups is 1. The molecule has 0 amide bonds. The lowest BCUT2D eigenvalue weighted by Crippen LogP contribution is -2.38. The minimum absolute atomic E-state index is 0.565. The van der Waals surface area contributed by atoms with E-state index in [2.05, 4.69) is 55.9 Å². The largest absolute Gasteiger partial charge is 0.493 e. The Morgan fingerprint density at radius 2 is 2.20 bits per heavy atom. The number of rotatable bonds is 9. The summed E-state index contributed by atoms with van der Waals surface area (Å²) in [6.07, 6.45) is 4.86. The molecule has 4 rings (SSSR count). The molecule has 0 spiro atoms. The van der Waals surface area contributed by atoms with Gasteiger partial charge in [-0.3, -0.25) is 10.1 Å². The zero-order chi connectivity index (χ0) is 20.8. The molecule has 0 aliphatic heterocycles. The molecule has 2 heterocycles. The van der Waals surface area contributed by atoms with Crippen molar-refractivity contribution in [3.05, 3.63) is 53.5 Å². The Kier molecular flexibility index (Phi) is 6.32. The Bertz CT molecular complexity index is 975. The lowest BCUT2D eigenvalue weighted by Gasteiger charge is -2.15. The van der Waals surface area contributed by atoms with Crippen LogP contribution < -0.4 is 15.4 Å². The Morgan fingerprint density at radius 3 is 2.97 bits per heavy atom. The van der Waals surface area contributed by atoms with E-state index < -0.39 is 0 Å². The van der Waals surface area contributed by atoms with Gasteiger partial charge in [-0.05, 0) is 49.4 Å². The van der Waals surface area contributed by atoms with E-state index in [4.69, 9.17) is 9.15 Å². The van der Waals surface area contributed by atoms with E-state index in [0.717, 1.165) is 35.6 Å². The highest BCUT2D eigenvalue weighted by atomic mass is 16.5. The molecule has 0 saturated heterocycles. The van der Waals surface area contributed by atoms with Gasteiger partial charge in [0.1, 0.15) is 11.6 Å². The summed E-state index contributed by atoms with van der Waals surface area (Å²) in [5.74, 6) is 4.42. The maximum atomic E-state index is 6.05. The van der Waals surface area contributed by atoms with Crippen LogP contribution in [0.2, 0.25) is 0 Å². The zero-order valence-electron chi connectivity index (χ0n) is 17.4. The van der Waals surface area contributed by atoms with Crippen molar-refractivity contribution in [1.29, 1.82) is 0 Å². The summed E-state index contributed by atoms with van der Waals surface area (Å²) in [5, 5.41) is 13.8. The monoisotopic (exact) mass is 408 g/mol. The maximum absolute atomic E-state index is 6.05. The molecule has 1 saturated carbocycles. The van der Waals surface area contributed by atoms with Crippen molar-refractivity contribution >= 4 is 5.96 Å². The number of H-pyrrole nitrogens is 1. The number of guanidine groups is 1. The first-order valence-corrected chi connectivity index (χ1v) is 10.3. The van der Waals surface area contributed by atoms with Crippen LogP contribution in [-0.2, 0) is 13.0 Å². The second kappa shape index (κ2) is 9.47. The van der Waals surface area contributed by atoms with Gasteiger partial charge in [0, 0.05) is 32.1 Å². The fourth-order valence-corrected chi connectivity index (χ4v) is 3.06. The van der Waals surface area contributed by atoms with Gasteiger partial charge in [-0.15, -0.1) is 0 Å². The Labute approximate surface area is 176 Å². The van der Waals surface area contributed by atoms with E-state index in [1.165, 1.54) is 18.4 Å². The number of benzene rings is 1. The highest BCUT2D eigenvalue weighted by Gasteiger charge is 2.22. The third-order valence-electron chi connectivity index (χ3n) is 4.99. The van der Waals surface area contributed by atoms with E-state index in [0.29, 0.717) is 31.1 Å². The lowest BCUT2D eigenvalue weighted by molar-refractivity contribution is 0.296. The van der Waals surface area contributed by atoms with Crippen molar-refractivity contribution in [3.8, 4) is 17.3 Å². The van der Waals surface area contributed by atoms with E-state index in [9.17, 15) is 0 Å². The van der Waals surface area contributed by atoms with Crippen molar-refractivity contribution in [3.63, 3.8) is 0 Å². The SMILES string of the molecule is CN=C(NCCc1nc(-c2ccco2)n[nH]1)NCc1ccc(C)cc1OCC1CC1. The topological polar surface area (TPSA) is 100 Å². The summed E-state index contributed by atoms with van der Waals surface area (Å²) >= 11 is 0. The molecule has 3 aromatic rings. The molecule has 8 heteroatoms. The van der Waals surface area contributed by atoms with Crippen LogP contribution in [0.5, 0.6) is 5.75 Å². The quantitative estimate of drug-likeness (QED) is 0.372. The molecule has 30 heavy (non-hydrogen) atoms. The van der Waals surface area contributed by atoms with Gasteiger partial charge in [-0.2, -0.15) is 5.10 Å². The highest BCUT2D eigenvalue weighted by Crippen LogP contribution is 2.30.